The molecule has 13 heavy (non-hydrogen) atoms. The highest BCUT2D eigenvalue weighted by atomic mass is 14.8. The van der Waals surface area contributed by atoms with E-state index in [1.807, 2.05) is 20.9 Å². The minimum Gasteiger partial charge on any atom is -0.319 e. The second-order valence-corrected chi connectivity index (χ2v) is 5.43. The van der Waals surface area contributed by atoms with Crippen LogP contribution in [0.5, 0.6) is 0 Å². The highest BCUT2D eigenvalue weighted by Crippen LogP contribution is 2.32. The van der Waals surface area contributed by atoms with Crippen LogP contribution in [0.2, 0.25) is 0 Å². The molecule has 0 aliphatic heterocycles. The third kappa shape index (κ3) is 12.0. The molecule has 0 amide bonds. The van der Waals surface area contributed by atoms with E-state index in [1.54, 1.807) is 0 Å². The number of hydrogen-bond donors (Lipinski definition) is 1. The molecular weight excluding hydrogens is 158 g/mol. The average Bonchev–Trinajstić information content (AvgIpc) is 1.85. The lowest BCUT2D eigenvalue weighted by atomic mass is 9.76. The van der Waals surface area contributed by atoms with E-state index in [9.17, 15) is 0 Å². The minimum atomic E-state index is 0.424. The van der Waals surface area contributed by atoms with Gasteiger partial charge in [0.25, 0.3) is 0 Å². The topological polar surface area (TPSA) is 12.0 Å². The molecule has 0 spiro atoms. The Hall–Kier alpha value is -0.0400. The van der Waals surface area contributed by atoms with Crippen LogP contribution in [0.4, 0.5) is 0 Å². The van der Waals surface area contributed by atoms with E-state index in [2.05, 4.69) is 39.9 Å². The molecule has 0 rings (SSSR count). The normalized spacial score (nSPS) is 12.0. The number of nitrogens with one attached hydrogen (secondary N) is 1. The number of rotatable bonds is 3. The fourth-order valence-electron chi connectivity index (χ4n) is 1.98. The minimum absolute atomic E-state index is 0.424. The van der Waals surface area contributed by atoms with Gasteiger partial charge in [-0.15, -0.1) is 0 Å². The molecule has 0 aliphatic rings. The van der Waals surface area contributed by atoms with E-state index in [0.717, 1.165) is 6.54 Å². The van der Waals surface area contributed by atoms with Gasteiger partial charge < -0.3 is 5.32 Å². The van der Waals surface area contributed by atoms with E-state index in [-0.39, 0.29) is 0 Å². The van der Waals surface area contributed by atoms with Crippen LogP contribution in [0.15, 0.2) is 0 Å². The van der Waals surface area contributed by atoms with Crippen LogP contribution >= 0.6 is 0 Å². The van der Waals surface area contributed by atoms with Crippen molar-refractivity contribution in [3.05, 3.63) is 0 Å². The van der Waals surface area contributed by atoms with Crippen molar-refractivity contribution in [1.82, 2.24) is 5.32 Å². The molecule has 0 saturated heterocycles. The zero-order valence-corrected chi connectivity index (χ0v) is 10.9. The van der Waals surface area contributed by atoms with Gasteiger partial charge in [-0.3, -0.25) is 0 Å². The van der Waals surface area contributed by atoms with Gasteiger partial charge >= 0.3 is 0 Å². The van der Waals surface area contributed by atoms with E-state index in [0.29, 0.717) is 10.8 Å². The van der Waals surface area contributed by atoms with Crippen LogP contribution in [-0.2, 0) is 0 Å². The van der Waals surface area contributed by atoms with Gasteiger partial charge in [0.05, 0.1) is 0 Å². The quantitative estimate of drug-likeness (QED) is 0.710. The van der Waals surface area contributed by atoms with Gasteiger partial charge in [0, 0.05) is 0 Å². The SMILES string of the molecule is CC.CNCC(C)(C)CC(C)(C)C. The molecule has 0 saturated carbocycles. The Morgan fingerprint density at radius 2 is 1.31 bits per heavy atom. The average molecular weight is 187 g/mol. The summed E-state index contributed by atoms with van der Waals surface area (Å²) in [6.07, 6.45) is 1.26. The van der Waals surface area contributed by atoms with E-state index < -0.39 is 0 Å². The first kappa shape index (κ1) is 15.4. The van der Waals surface area contributed by atoms with Crippen LogP contribution in [0, 0.1) is 10.8 Å². The van der Waals surface area contributed by atoms with Crippen molar-refractivity contribution < 1.29 is 0 Å². The molecule has 0 aromatic carbocycles. The lowest BCUT2D eigenvalue weighted by molar-refractivity contribution is 0.210. The van der Waals surface area contributed by atoms with Gasteiger partial charge in [-0.2, -0.15) is 0 Å². The number of hydrogen-bond acceptors (Lipinski definition) is 1. The predicted octanol–water partition coefficient (Wildman–Crippen LogP) is 3.69. The standard InChI is InChI=1S/C10H23N.C2H6/c1-9(2,3)7-10(4,5)8-11-6;1-2/h11H,7-8H2,1-6H3;1-2H3. The maximum absolute atomic E-state index is 3.23. The molecule has 0 fully saturated rings. The van der Waals surface area contributed by atoms with Gasteiger partial charge in [0.2, 0.25) is 0 Å². The fourth-order valence-corrected chi connectivity index (χ4v) is 1.98. The van der Waals surface area contributed by atoms with Crippen molar-refractivity contribution in [2.45, 2.75) is 54.9 Å². The predicted molar refractivity (Wildman–Crippen MR) is 63.1 cm³/mol. The molecule has 0 aliphatic carbocycles. The summed E-state index contributed by atoms with van der Waals surface area (Å²) >= 11 is 0. The summed E-state index contributed by atoms with van der Waals surface area (Å²) in [6.45, 7) is 16.6. The summed E-state index contributed by atoms with van der Waals surface area (Å²) in [7, 11) is 2.02. The molecule has 1 heteroatoms. The van der Waals surface area contributed by atoms with Crippen LogP contribution in [0.1, 0.15) is 54.9 Å². The van der Waals surface area contributed by atoms with Crippen molar-refractivity contribution >= 4 is 0 Å². The van der Waals surface area contributed by atoms with Crippen LogP contribution in [0.25, 0.3) is 0 Å². The second-order valence-electron chi connectivity index (χ2n) is 5.43. The lowest BCUT2D eigenvalue weighted by Gasteiger charge is -2.32. The second kappa shape index (κ2) is 6.42. The largest absolute Gasteiger partial charge is 0.319 e. The third-order valence-corrected chi connectivity index (χ3v) is 1.66. The highest BCUT2D eigenvalue weighted by Gasteiger charge is 2.24. The van der Waals surface area contributed by atoms with E-state index in [4.69, 9.17) is 0 Å². The van der Waals surface area contributed by atoms with Crippen molar-refractivity contribution in [2.24, 2.45) is 10.8 Å². The van der Waals surface area contributed by atoms with Crippen molar-refractivity contribution in [3.8, 4) is 0 Å². The van der Waals surface area contributed by atoms with Gasteiger partial charge in [0.15, 0.2) is 0 Å². The third-order valence-electron chi connectivity index (χ3n) is 1.66. The van der Waals surface area contributed by atoms with E-state index in [1.165, 1.54) is 6.42 Å². The Bertz CT molecular complexity index is 109. The molecule has 1 N–H and O–H groups in total. The van der Waals surface area contributed by atoms with Gasteiger partial charge in [-0.25, -0.2) is 0 Å². The maximum atomic E-state index is 3.23. The van der Waals surface area contributed by atoms with E-state index >= 15 is 0 Å². The lowest BCUT2D eigenvalue weighted by Crippen LogP contribution is -2.30. The summed E-state index contributed by atoms with van der Waals surface area (Å²) in [6, 6.07) is 0. The Morgan fingerprint density at radius 3 is 1.54 bits per heavy atom. The molecule has 0 radical (unpaired) electrons. The Morgan fingerprint density at radius 1 is 0.923 bits per heavy atom. The van der Waals surface area contributed by atoms with Crippen LogP contribution in [-0.4, -0.2) is 13.6 Å². The molecule has 0 aromatic heterocycles. The van der Waals surface area contributed by atoms with Crippen molar-refractivity contribution in [2.75, 3.05) is 13.6 Å². The van der Waals surface area contributed by atoms with Gasteiger partial charge in [-0.05, 0) is 30.8 Å². The first-order valence-electron chi connectivity index (χ1n) is 5.41. The molecule has 0 atom stereocenters. The molecule has 0 unspecified atom stereocenters. The van der Waals surface area contributed by atoms with Gasteiger partial charge in [-0.1, -0.05) is 48.5 Å². The molecule has 0 aromatic rings. The smallest absolute Gasteiger partial charge is 0.0000287 e. The Labute approximate surface area is 85.3 Å². The summed E-state index contributed by atoms with van der Waals surface area (Å²) in [5.74, 6) is 0. The zero-order chi connectivity index (χ0) is 11.1. The molecule has 0 bridgehead atoms. The summed E-state index contributed by atoms with van der Waals surface area (Å²) in [5.41, 5.74) is 0.868. The summed E-state index contributed by atoms with van der Waals surface area (Å²) < 4.78 is 0. The fraction of sp³-hybridized carbons (Fsp3) is 1.00. The summed E-state index contributed by atoms with van der Waals surface area (Å²) in [4.78, 5) is 0. The molecule has 82 valence electrons. The van der Waals surface area contributed by atoms with Crippen LogP contribution in [0.3, 0.4) is 0 Å². The highest BCUT2D eigenvalue weighted by molar-refractivity contribution is 4.77. The zero-order valence-electron chi connectivity index (χ0n) is 10.9. The summed E-state index contributed by atoms with van der Waals surface area (Å²) in [5, 5.41) is 3.23. The Kier molecular flexibility index (Phi) is 7.62. The maximum Gasteiger partial charge on any atom is -0.0000287 e. The molecule has 1 nitrogen and oxygen atoms in total. The first-order chi connectivity index (χ1) is 5.77. The monoisotopic (exact) mass is 187 g/mol. The Balaban J connectivity index is 0. The van der Waals surface area contributed by atoms with Crippen LogP contribution < -0.4 is 5.32 Å². The van der Waals surface area contributed by atoms with Crippen molar-refractivity contribution in [1.29, 1.82) is 0 Å². The molecular formula is C12H29N. The first-order valence-corrected chi connectivity index (χ1v) is 5.41. The molecule has 0 heterocycles. The van der Waals surface area contributed by atoms with Crippen molar-refractivity contribution in [3.63, 3.8) is 0 Å². The van der Waals surface area contributed by atoms with Gasteiger partial charge in [0.1, 0.15) is 0 Å².